The van der Waals surface area contributed by atoms with Gasteiger partial charge in [0.15, 0.2) is 5.60 Å². The third-order valence-corrected chi connectivity index (χ3v) is 8.59. The number of piperidine rings is 1. The average Bonchev–Trinajstić information content (AvgIpc) is 3.45. The predicted octanol–water partition coefficient (Wildman–Crippen LogP) is 7.21. The second-order valence-electron chi connectivity index (χ2n) is 11.3. The van der Waals surface area contributed by atoms with Gasteiger partial charge in [-0.1, -0.05) is 75.1 Å². The van der Waals surface area contributed by atoms with Gasteiger partial charge >= 0.3 is 6.36 Å². The SMILES string of the molecule is CCC1CCN(Cc2cnc([C@](O)(c3ccccc3)C3CCCCC3)o2)C[C@@H]1OCc1ccc(OC(F)(F)F)cc1. The van der Waals surface area contributed by atoms with Crippen LogP contribution in [0.1, 0.15) is 74.6 Å². The van der Waals surface area contributed by atoms with Crippen LogP contribution in [0.25, 0.3) is 0 Å². The summed E-state index contributed by atoms with van der Waals surface area (Å²) in [6.07, 6.45) is 4.19. The molecule has 0 spiro atoms. The number of alkyl halides is 3. The molecule has 1 aromatic heterocycles. The summed E-state index contributed by atoms with van der Waals surface area (Å²) in [5.74, 6) is 1.26. The highest BCUT2D eigenvalue weighted by atomic mass is 19.4. The molecule has 1 unspecified atom stereocenters. The number of hydrogen-bond donors (Lipinski definition) is 1. The first-order valence-electron chi connectivity index (χ1n) is 14.7. The van der Waals surface area contributed by atoms with Gasteiger partial charge in [0.25, 0.3) is 0 Å². The third kappa shape index (κ3) is 7.31. The van der Waals surface area contributed by atoms with Crippen LogP contribution in [0.4, 0.5) is 13.2 Å². The van der Waals surface area contributed by atoms with Gasteiger partial charge in [0.05, 0.1) is 25.5 Å². The summed E-state index contributed by atoms with van der Waals surface area (Å²) in [5, 5.41) is 12.1. The highest BCUT2D eigenvalue weighted by Gasteiger charge is 2.44. The van der Waals surface area contributed by atoms with Gasteiger partial charge in [-0.05, 0) is 55.0 Å². The van der Waals surface area contributed by atoms with Crippen molar-refractivity contribution in [1.82, 2.24) is 9.88 Å². The van der Waals surface area contributed by atoms with Crippen LogP contribution in [0.15, 0.2) is 65.2 Å². The molecule has 9 heteroatoms. The van der Waals surface area contributed by atoms with Crippen molar-refractivity contribution in [3.8, 4) is 5.75 Å². The first kappa shape index (κ1) is 29.6. The van der Waals surface area contributed by atoms with Crippen LogP contribution in [0.5, 0.6) is 5.75 Å². The number of halogens is 3. The summed E-state index contributed by atoms with van der Waals surface area (Å²) in [7, 11) is 0. The van der Waals surface area contributed by atoms with Gasteiger partial charge in [-0.15, -0.1) is 13.2 Å². The Morgan fingerprint density at radius 3 is 2.41 bits per heavy atom. The van der Waals surface area contributed by atoms with Gasteiger partial charge in [0.2, 0.25) is 5.89 Å². The number of rotatable bonds is 10. The molecule has 41 heavy (non-hydrogen) atoms. The Morgan fingerprint density at radius 1 is 1.00 bits per heavy atom. The van der Waals surface area contributed by atoms with E-state index < -0.39 is 12.0 Å². The van der Waals surface area contributed by atoms with E-state index in [1.807, 2.05) is 30.3 Å². The van der Waals surface area contributed by atoms with Gasteiger partial charge in [-0.25, -0.2) is 4.98 Å². The van der Waals surface area contributed by atoms with Crippen molar-refractivity contribution in [3.63, 3.8) is 0 Å². The number of ether oxygens (including phenoxy) is 2. The molecule has 1 saturated carbocycles. The van der Waals surface area contributed by atoms with E-state index in [9.17, 15) is 18.3 Å². The fraction of sp³-hybridized carbons (Fsp3) is 0.531. The number of oxazole rings is 1. The third-order valence-electron chi connectivity index (χ3n) is 8.59. The van der Waals surface area contributed by atoms with E-state index in [0.29, 0.717) is 37.3 Å². The van der Waals surface area contributed by atoms with Crippen LogP contribution in [0.3, 0.4) is 0 Å². The van der Waals surface area contributed by atoms with Gasteiger partial charge in [0.1, 0.15) is 11.5 Å². The van der Waals surface area contributed by atoms with Crippen LogP contribution in [-0.2, 0) is 23.5 Å². The Hall–Kier alpha value is -2.88. The number of benzene rings is 2. The lowest BCUT2D eigenvalue weighted by Gasteiger charge is -2.38. The van der Waals surface area contributed by atoms with Crippen molar-refractivity contribution in [2.45, 2.75) is 83.1 Å². The summed E-state index contributed by atoms with van der Waals surface area (Å²) in [4.78, 5) is 6.89. The Balaban J connectivity index is 1.24. The Bertz CT molecular complexity index is 1230. The zero-order chi connectivity index (χ0) is 28.9. The van der Waals surface area contributed by atoms with Gasteiger partial charge in [-0.2, -0.15) is 0 Å². The van der Waals surface area contributed by atoms with Crippen molar-refractivity contribution in [2.24, 2.45) is 11.8 Å². The number of aromatic nitrogens is 1. The Morgan fingerprint density at radius 2 is 1.73 bits per heavy atom. The summed E-state index contributed by atoms with van der Waals surface area (Å²) in [6.45, 7) is 4.61. The molecular formula is C32H39F3N2O4. The minimum atomic E-state index is -4.71. The van der Waals surface area contributed by atoms with Crippen LogP contribution in [-0.4, -0.2) is 40.5 Å². The second-order valence-corrected chi connectivity index (χ2v) is 11.3. The molecular weight excluding hydrogens is 533 g/mol. The van der Waals surface area contributed by atoms with E-state index >= 15 is 0 Å². The maximum absolute atomic E-state index is 12.5. The monoisotopic (exact) mass is 572 g/mol. The fourth-order valence-electron chi connectivity index (χ4n) is 6.34. The molecule has 2 fully saturated rings. The first-order valence-corrected chi connectivity index (χ1v) is 14.7. The molecule has 0 bridgehead atoms. The average molecular weight is 573 g/mol. The van der Waals surface area contributed by atoms with Crippen LogP contribution < -0.4 is 4.74 Å². The van der Waals surface area contributed by atoms with Crippen molar-refractivity contribution in [1.29, 1.82) is 0 Å². The molecule has 2 aliphatic rings. The Kier molecular flexibility index (Phi) is 9.36. The molecule has 6 nitrogen and oxygen atoms in total. The normalized spacial score (nSPS) is 22.4. The molecule has 2 heterocycles. The van der Waals surface area contributed by atoms with Crippen molar-refractivity contribution < 1.29 is 32.2 Å². The molecule has 5 rings (SSSR count). The molecule has 1 aliphatic carbocycles. The molecule has 1 saturated heterocycles. The molecule has 0 radical (unpaired) electrons. The standard InChI is InChI=1S/C32H39F3N2O4/c1-2-24-17-18-37(21-29(24)39-22-23-13-15-27(16-14-23)41-32(33,34)35)20-28-19-36-30(40-28)31(38,25-9-5-3-6-10-25)26-11-7-4-8-12-26/h3,5-6,9-10,13-16,19,24,26,29,38H,2,4,7-8,11-12,17-18,20-22H2,1H3/t24?,29-,31-/m0/s1. The maximum Gasteiger partial charge on any atom is 0.573 e. The van der Waals surface area contributed by atoms with Crippen molar-refractivity contribution in [3.05, 3.63) is 83.6 Å². The highest BCUT2D eigenvalue weighted by molar-refractivity contribution is 5.30. The van der Waals surface area contributed by atoms with Crippen LogP contribution in [0, 0.1) is 11.8 Å². The molecule has 0 amide bonds. The Labute approximate surface area is 239 Å². The first-order chi connectivity index (χ1) is 19.7. The fourth-order valence-corrected chi connectivity index (χ4v) is 6.34. The topological polar surface area (TPSA) is 68.0 Å². The van der Waals surface area contributed by atoms with Crippen LogP contribution in [0.2, 0.25) is 0 Å². The minimum absolute atomic E-state index is 0.0225. The zero-order valence-corrected chi connectivity index (χ0v) is 23.5. The predicted molar refractivity (Wildman–Crippen MR) is 148 cm³/mol. The lowest BCUT2D eigenvalue weighted by Crippen LogP contribution is -2.44. The molecule has 2 aromatic carbocycles. The number of likely N-dealkylation sites (tertiary alicyclic amines) is 1. The minimum Gasteiger partial charge on any atom is -0.441 e. The number of aliphatic hydroxyl groups is 1. The lowest BCUT2D eigenvalue weighted by atomic mass is 9.73. The van der Waals surface area contributed by atoms with E-state index in [0.717, 1.165) is 56.2 Å². The smallest absolute Gasteiger partial charge is 0.441 e. The highest BCUT2D eigenvalue weighted by Crippen LogP contribution is 2.43. The lowest BCUT2D eigenvalue weighted by molar-refractivity contribution is -0.274. The van der Waals surface area contributed by atoms with E-state index in [4.69, 9.17) is 9.15 Å². The second kappa shape index (κ2) is 13.0. The molecule has 1 N–H and O–H groups in total. The van der Waals surface area contributed by atoms with E-state index in [1.54, 1.807) is 18.3 Å². The van der Waals surface area contributed by atoms with E-state index in [2.05, 4.69) is 21.5 Å². The quantitative estimate of drug-likeness (QED) is 0.277. The van der Waals surface area contributed by atoms with E-state index in [1.165, 1.54) is 18.6 Å². The molecule has 3 atom stereocenters. The summed E-state index contributed by atoms with van der Waals surface area (Å²) < 4.78 is 53.9. The van der Waals surface area contributed by atoms with Gasteiger partial charge < -0.3 is 19.0 Å². The van der Waals surface area contributed by atoms with E-state index in [-0.39, 0.29) is 17.8 Å². The van der Waals surface area contributed by atoms with Crippen LogP contribution >= 0.6 is 0 Å². The zero-order valence-electron chi connectivity index (χ0n) is 23.5. The summed E-state index contributed by atoms with van der Waals surface area (Å²) in [5.41, 5.74) is 0.339. The number of nitrogens with zero attached hydrogens (tertiary/aromatic N) is 2. The summed E-state index contributed by atoms with van der Waals surface area (Å²) in [6, 6.07) is 15.5. The maximum atomic E-state index is 12.5. The largest absolute Gasteiger partial charge is 0.573 e. The van der Waals surface area contributed by atoms with Gasteiger partial charge in [0, 0.05) is 12.5 Å². The molecule has 1 aliphatic heterocycles. The van der Waals surface area contributed by atoms with Gasteiger partial charge in [-0.3, -0.25) is 4.90 Å². The molecule has 3 aromatic rings. The number of hydrogen-bond acceptors (Lipinski definition) is 6. The van der Waals surface area contributed by atoms with Crippen molar-refractivity contribution >= 4 is 0 Å². The summed E-state index contributed by atoms with van der Waals surface area (Å²) >= 11 is 0. The molecule has 222 valence electrons. The van der Waals surface area contributed by atoms with Crippen molar-refractivity contribution in [2.75, 3.05) is 13.1 Å².